The lowest BCUT2D eigenvalue weighted by atomic mass is 10.1. The van der Waals surface area contributed by atoms with Crippen LogP contribution in [0.2, 0.25) is 0 Å². The number of hydrogen-bond donors (Lipinski definition) is 3. The van der Waals surface area contributed by atoms with Crippen molar-refractivity contribution in [3.63, 3.8) is 0 Å². The number of aromatic nitrogens is 2. The second kappa shape index (κ2) is 14.2. The number of amides is 3. The third kappa shape index (κ3) is 8.71. The molecule has 0 bridgehead atoms. The minimum atomic E-state index is -4.40. The van der Waals surface area contributed by atoms with Crippen molar-refractivity contribution in [3.8, 4) is 0 Å². The minimum absolute atomic E-state index is 0.0444. The number of H-pyrrole nitrogens is 1. The summed E-state index contributed by atoms with van der Waals surface area (Å²) in [5, 5.41) is 5.32. The van der Waals surface area contributed by atoms with E-state index in [4.69, 9.17) is 0 Å². The predicted molar refractivity (Wildman–Crippen MR) is 155 cm³/mol. The third-order valence-corrected chi connectivity index (χ3v) is 7.22. The second-order valence-electron chi connectivity index (χ2n) is 10.5. The molecule has 0 radical (unpaired) electrons. The molecule has 10 nitrogen and oxygen atoms in total. The molecule has 1 aliphatic rings. The number of aromatic amines is 1. The highest BCUT2D eigenvalue weighted by Gasteiger charge is 2.27. The molecule has 236 valence electrons. The highest BCUT2D eigenvalue weighted by molar-refractivity contribution is 5.96. The molecule has 0 aliphatic carbocycles. The molecule has 4 rings (SSSR count). The van der Waals surface area contributed by atoms with Crippen molar-refractivity contribution in [1.82, 2.24) is 19.8 Å². The molecule has 0 saturated carbocycles. The quantitative estimate of drug-likeness (QED) is 0.213. The van der Waals surface area contributed by atoms with E-state index in [-0.39, 0.29) is 36.5 Å². The van der Waals surface area contributed by atoms with Gasteiger partial charge >= 0.3 is 12.3 Å². The fourth-order valence-electron chi connectivity index (χ4n) is 5.02. The van der Waals surface area contributed by atoms with Crippen LogP contribution >= 0.6 is 0 Å². The molecule has 3 amide bonds. The molecule has 1 aromatic carbocycles. The average Bonchev–Trinajstić information content (AvgIpc) is 3.65. The van der Waals surface area contributed by atoms with E-state index in [9.17, 15) is 36.7 Å². The lowest BCUT2D eigenvalue weighted by Crippen LogP contribution is -2.44. The number of carbonyl (C=O) groups is 3. The number of pyridine rings is 1. The summed E-state index contributed by atoms with van der Waals surface area (Å²) in [5.41, 5.74) is 0.273. The van der Waals surface area contributed by atoms with Gasteiger partial charge in [-0.05, 0) is 74.1 Å². The summed E-state index contributed by atoms with van der Waals surface area (Å²) in [6, 6.07) is 5.61. The number of halogens is 4. The van der Waals surface area contributed by atoms with Gasteiger partial charge in [0.2, 0.25) is 11.8 Å². The zero-order valence-electron chi connectivity index (χ0n) is 24.0. The zero-order chi connectivity index (χ0) is 31.9. The number of aryl methyl sites for hydroxylation is 1. The van der Waals surface area contributed by atoms with E-state index in [1.54, 1.807) is 17.0 Å². The average molecular weight is 620 g/mol. The van der Waals surface area contributed by atoms with Crippen molar-refractivity contribution < 1.29 is 36.7 Å². The number of likely N-dealkylation sites (tertiary alicyclic amines) is 1. The fraction of sp³-hybridized carbons (Fsp3) is 0.400. The van der Waals surface area contributed by atoms with Crippen molar-refractivity contribution in [2.24, 2.45) is 0 Å². The van der Waals surface area contributed by atoms with E-state index in [0.29, 0.717) is 29.7 Å². The molecule has 1 aliphatic heterocycles. The van der Waals surface area contributed by atoms with Crippen molar-refractivity contribution >= 4 is 34.5 Å². The number of carbonyl (C=O) groups excluding carboxylic acids is 3. The number of fused-ring (bicyclic) bond motifs is 1. The Balaban J connectivity index is 1.46. The zero-order valence-corrected chi connectivity index (χ0v) is 24.0. The lowest BCUT2D eigenvalue weighted by molar-refractivity contribution is -0.134. The van der Waals surface area contributed by atoms with Crippen molar-refractivity contribution in [1.29, 1.82) is 0 Å². The van der Waals surface area contributed by atoms with Gasteiger partial charge in [-0.15, -0.1) is 0 Å². The topological polar surface area (TPSA) is 126 Å². The van der Waals surface area contributed by atoms with E-state index in [1.165, 1.54) is 35.0 Å². The van der Waals surface area contributed by atoms with E-state index in [2.05, 4.69) is 20.4 Å². The van der Waals surface area contributed by atoms with Crippen LogP contribution < -0.4 is 16.2 Å². The number of benzene rings is 1. The summed E-state index contributed by atoms with van der Waals surface area (Å²) in [6.07, 6.45) is 0.0624. The summed E-state index contributed by atoms with van der Waals surface area (Å²) in [7, 11) is 1.15. The normalized spacial score (nSPS) is 14.2. The molecule has 3 heterocycles. The molecule has 14 heteroatoms. The van der Waals surface area contributed by atoms with Gasteiger partial charge in [-0.3, -0.25) is 14.4 Å². The van der Waals surface area contributed by atoms with Crippen LogP contribution in [-0.4, -0.2) is 64.8 Å². The van der Waals surface area contributed by atoms with Gasteiger partial charge in [0, 0.05) is 42.3 Å². The monoisotopic (exact) mass is 619 g/mol. The number of allylic oxidation sites excluding steroid dienone is 1. The Morgan fingerprint density at radius 2 is 1.91 bits per heavy atom. The Morgan fingerprint density at radius 3 is 2.61 bits per heavy atom. The van der Waals surface area contributed by atoms with E-state index in [1.807, 2.05) is 0 Å². The molecule has 1 saturated heterocycles. The number of ether oxygens (including phenoxy) is 1. The van der Waals surface area contributed by atoms with Gasteiger partial charge < -0.3 is 29.8 Å². The number of alkyl halides is 3. The molecule has 1 fully saturated rings. The highest BCUT2D eigenvalue weighted by Crippen LogP contribution is 2.27. The summed E-state index contributed by atoms with van der Waals surface area (Å²) in [5.74, 6) is -1.47. The highest BCUT2D eigenvalue weighted by atomic mass is 19.4. The van der Waals surface area contributed by atoms with Crippen LogP contribution in [-0.2, 0) is 27.3 Å². The molecule has 3 N–H and O–H groups in total. The van der Waals surface area contributed by atoms with Gasteiger partial charge in [0.15, 0.2) is 0 Å². The first-order valence-corrected chi connectivity index (χ1v) is 14.1. The van der Waals surface area contributed by atoms with Crippen LogP contribution in [0.3, 0.4) is 0 Å². The first-order chi connectivity index (χ1) is 20.9. The van der Waals surface area contributed by atoms with E-state index >= 15 is 0 Å². The first kappa shape index (κ1) is 32.3. The fourth-order valence-corrected chi connectivity index (χ4v) is 5.02. The number of nitrogens with zero attached hydrogens (tertiary/aromatic N) is 2. The van der Waals surface area contributed by atoms with E-state index in [0.717, 1.165) is 26.0 Å². The molecule has 3 aromatic rings. The van der Waals surface area contributed by atoms with Gasteiger partial charge in [-0.1, -0.05) is 6.08 Å². The SMILES string of the molecule is COC(=O)N[C@@H](CC/C=C/C(=O)N1CCCC1)C(=O)Nc1cccn(Cc2cc3cc(F)cc(CCC(F)(F)F)c3[nH]2)c1=O. The molecule has 1 atom stereocenters. The smallest absolute Gasteiger partial charge is 0.407 e. The number of alkyl carbamates (subject to hydrolysis) is 1. The maximum absolute atomic E-state index is 14.1. The molecular formula is C30H33F4N5O5. The number of nitrogens with one attached hydrogen (secondary N) is 3. The van der Waals surface area contributed by atoms with Crippen LogP contribution in [0.15, 0.2) is 53.5 Å². The Bertz CT molecular complexity index is 1590. The van der Waals surface area contributed by atoms with Gasteiger partial charge in [0.25, 0.3) is 5.56 Å². The Hall–Kier alpha value is -4.62. The Labute approximate surface area is 250 Å². The number of rotatable bonds is 11. The maximum Gasteiger partial charge on any atom is 0.407 e. The standard InChI is InChI=1S/C30H33F4N5O5/c1-44-29(43)37-23(7-2-3-9-25(40)38-12-4-5-13-38)27(41)36-24-8-6-14-39(28(24)42)18-22-17-20-16-21(31)15-19(26(20)35-22)10-11-30(32,33)34/h3,6,8-9,14-17,23,35H,2,4-5,7,10-13,18H2,1H3,(H,36,41)(H,37,43)/b9-3+/t23-/m0/s1. The Kier molecular flexibility index (Phi) is 10.4. The molecule has 0 unspecified atom stereocenters. The van der Waals surface area contributed by atoms with Crippen LogP contribution in [0, 0.1) is 5.82 Å². The summed E-state index contributed by atoms with van der Waals surface area (Å²) >= 11 is 0. The van der Waals surface area contributed by atoms with Gasteiger partial charge in [0.05, 0.1) is 13.7 Å². The number of methoxy groups -OCH3 is 1. The lowest BCUT2D eigenvalue weighted by Gasteiger charge is -2.17. The third-order valence-electron chi connectivity index (χ3n) is 7.22. The largest absolute Gasteiger partial charge is 0.453 e. The van der Waals surface area contributed by atoms with Crippen LogP contribution in [0.25, 0.3) is 10.9 Å². The summed E-state index contributed by atoms with van der Waals surface area (Å²) in [6.45, 7) is 1.36. The molecule has 2 aromatic heterocycles. The van der Waals surface area contributed by atoms with Gasteiger partial charge in [0.1, 0.15) is 17.5 Å². The molecule has 44 heavy (non-hydrogen) atoms. The van der Waals surface area contributed by atoms with E-state index < -0.39 is 48.4 Å². The molecule has 0 spiro atoms. The Morgan fingerprint density at radius 1 is 1.16 bits per heavy atom. The van der Waals surface area contributed by atoms with Crippen molar-refractivity contribution in [3.05, 3.63) is 76.1 Å². The van der Waals surface area contributed by atoms with Gasteiger partial charge in [-0.25, -0.2) is 9.18 Å². The van der Waals surface area contributed by atoms with Crippen LogP contribution in [0.4, 0.5) is 28.0 Å². The summed E-state index contributed by atoms with van der Waals surface area (Å²) < 4.78 is 58.3. The minimum Gasteiger partial charge on any atom is -0.453 e. The maximum atomic E-state index is 14.1. The van der Waals surface area contributed by atoms with Gasteiger partial charge in [-0.2, -0.15) is 13.2 Å². The summed E-state index contributed by atoms with van der Waals surface area (Å²) in [4.78, 5) is 55.1. The number of hydrogen-bond acceptors (Lipinski definition) is 5. The molecular weight excluding hydrogens is 586 g/mol. The van der Waals surface area contributed by atoms with Crippen LogP contribution in [0.1, 0.15) is 43.4 Å². The van der Waals surface area contributed by atoms with Crippen molar-refractivity contribution in [2.45, 2.75) is 57.3 Å². The first-order valence-electron chi connectivity index (χ1n) is 14.1. The number of anilines is 1. The van der Waals surface area contributed by atoms with Crippen molar-refractivity contribution in [2.75, 3.05) is 25.5 Å². The second-order valence-corrected chi connectivity index (χ2v) is 10.5. The van der Waals surface area contributed by atoms with Crippen LogP contribution in [0.5, 0.6) is 0 Å². The predicted octanol–water partition coefficient (Wildman–Crippen LogP) is 4.63.